The number of aliphatic hydroxyl groups is 2. The molecule has 0 spiro atoms. The van der Waals surface area contributed by atoms with Crippen molar-refractivity contribution < 1.29 is 33.0 Å². The molecule has 3 saturated heterocycles. The predicted molar refractivity (Wildman–Crippen MR) is 170 cm³/mol. The second-order valence-electron chi connectivity index (χ2n) is 12.9. The summed E-state index contributed by atoms with van der Waals surface area (Å²) in [6, 6.07) is -0.608. The highest BCUT2D eigenvalue weighted by atomic mass is 32.2. The molecule has 3 fully saturated rings. The summed E-state index contributed by atoms with van der Waals surface area (Å²) in [6.07, 6.45) is 0.640. The van der Waals surface area contributed by atoms with Crippen molar-refractivity contribution >= 4 is 51.1 Å². The summed E-state index contributed by atoms with van der Waals surface area (Å²) in [4.78, 5) is 31.2. The molecule has 0 radical (unpaired) electrons. The highest BCUT2D eigenvalue weighted by Crippen LogP contribution is 2.43. The summed E-state index contributed by atoms with van der Waals surface area (Å²) in [5, 5.41) is 24.9. The van der Waals surface area contributed by atoms with Gasteiger partial charge in [0.2, 0.25) is 0 Å². The minimum atomic E-state index is -3.71. The van der Waals surface area contributed by atoms with Crippen LogP contribution in [0.4, 0.5) is 0 Å². The number of carbonyl (C=O) groups excluding carboxylic acids is 2. The molecule has 3 aliphatic rings. The maximum atomic E-state index is 13.8. The van der Waals surface area contributed by atoms with Crippen LogP contribution in [0.1, 0.15) is 77.4 Å². The third kappa shape index (κ3) is 7.90. The van der Waals surface area contributed by atoms with Gasteiger partial charge in [0.05, 0.1) is 34.7 Å². The van der Waals surface area contributed by atoms with Gasteiger partial charge in [-0.1, -0.05) is 34.1 Å². The maximum absolute atomic E-state index is 13.8. The lowest BCUT2D eigenvalue weighted by atomic mass is 9.73. The van der Waals surface area contributed by atoms with E-state index in [4.69, 9.17) is 4.74 Å². The van der Waals surface area contributed by atoms with Crippen molar-refractivity contribution in [1.82, 2.24) is 13.6 Å². The molecule has 4 heterocycles. The van der Waals surface area contributed by atoms with Crippen LogP contribution in [0.2, 0.25) is 0 Å². The lowest BCUT2D eigenvalue weighted by molar-refractivity contribution is -0.154. The van der Waals surface area contributed by atoms with E-state index < -0.39 is 52.2 Å². The van der Waals surface area contributed by atoms with Crippen molar-refractivity contribution in [2.24, 2.45) is 17.3 Å². The van der Waals surface area contributed by atoms with Crippen LogP contribution in [0.3, 0.4) is 0 Å². The average molecular weight is 658 g/mol. The molecule has 43 heavy (non-hydrogen) atoms. The van der Waals surface area contributed by atoms with E-state index >= 15 is 0 Å². The van der Waals surface area contributed by atoms with Gasteiger partial charge >= 0.3 is 5.97 Å². The Morgan fingerprint density at radius 1 is 1.14 bits per heavy atom. The van der Waals surface area contributed by atoms with Crippen molar-refractivity contribution in [3.05, 3.63) is 21.7 Å². The Morgan fingerprint density at radius 2 is 1.81 bits per heavy atom. The molecule has 8 unspecified atom stereocenters. The molecule has 0 aromatic carbocycles. The zero-order valence-electron chi connectivity index (χ0n) is 26.1. The molecule has 0 bridgehead atoms. The molecule has 0 saturated carbocycles. The predicted octanol–water partition coefficient (Wildman–Crippen LogP) is 3.67. The first kappa shape index (κ1) is 34.5. The fourth-order valence-electron chi connectivity index (χ4n) is 6.30. The zero-order valence-corrected chi connectivity index (χ0v) is 28.5. The number of thiazole rings is 1. The van der Waals surface area contributed by atoms with Crippen molar-refractivity contribution in [3.8, 4) is 0 Å². The second kappa shape index (κ2) is 14.0. The first-order valence-electron chi connectivity index (χ1n) is 15.2. The summed E-state index contributed by atoms with van der Waals surface area (Å²) >= 11 is 3.25. The fraction of sp³-hybridized carbons (Fsp3) is 0.767. The molecule has 1 aromatic rings. The number of ether oxygens (including phenoxy) is 1. The number of Topliss-reactive ketones (excluding diaryl/α,β-unsaturated/α-hetero) is 1. The van der Waals surface area contributed by atoms with E-state index in [0.717, 1.165) is 27.8 Å². The van der Waals surface area contributed by atoms with E-state index in [-0.39, 0.29) is 30.2 Å². The smallest absolute Gasteiger partial charge is 0.309 e. The number of ketones is 1. The third-order valence-corrected chi connectivity index (χ3v) is 13.1. The number of esters is 1. The maximum Gasteiger partial charge on any atom is 0.309 e. The van der Waals surface area contributed by atoms with Crippen LogP contribution < -0.4 is 0 Å². The lowest BCUT2D eigenvalue weighted by Crippen LogP contribution is -2.45. The number of rotatable bonds is 4. The minimum Gasteiger partial charge on any atom is -0.458 e. The second-order valence-corrected chi connectivity index (χ2v) is 17.0. The number of nitrogens with zero attached hydrogens (tertiary/aromatic N) is 3. The Bertz CT molecular complexity index is 1290. The van der Waals surface area contributed by atoms with Gasteiger partial charge in [0.15, 0.2) is 0 Å². The van der Waals surface area contributed by atoms with Gasteiger partial charge in [-0.2, -0.15) is 28.8 Å². The highest BCUT2D eigenvalue weighted by molar-refractivity contribution is 7.99. The Labute approximate surface area is 264 Å². The SMILES string of the molecule is C/C(=C\c1csc(C)n1)C1CC2C(CCCC(C)C(O)C(C)C(=O)C(C)(C)C(O)CC(=O)O1)N2S(=O)(=O)N1CCSCC1. The summed E-state index contributed by atoms with van der Waals surface area (Å²) in [5.74, 6) is -0.430. The Hall–Kier alpha value is -1.35. The van der Waals surface area contributed by atoms with Gasteiger partial charge < -0.3 is 14.9 Å². The molecule has 2 N–H and O–H groups in total. The normalized spacial score (nSPS) is 35.7. The van der Waals surface area contributed by atoms with Gasteiger partial charge in [-0.05, 0) is 44.3 Å². The molecule has 10 nitrogen and oxygen atoms in total. The molecule has 13 heteroatoms. The number of carbonyl (C=O) groups is 2. The summed E-state index contributed by atoms with van der Waals surface area (Å²) in [6.45, 7) is 11.4. The number of thioether (sulfide) groups is 1. The van der Waals surface area contributed by atoms with Crippen LogP contribution in [-0.4, -0.2) is 99.0 Å². The zero-order chi connectivity index (χ0) is 31.7. The lowest BCUT2D eigenvalue weighted by Gasteiger charge is -2.34. The summed E-state index contributed by atoms with van der Waals surface area (Å²) in [5.41, 5.74) is 0.180. The van der Waals surface area contributed by atoms with E-state index in [0.29, 0.717) is 32.4 Å². The number of aliphatic hydroxyl groups excluding tert-OH is 2. The first-order chi connectivity index (χ1) is 20.1. The number of aromatic nitrogens is 1. The van der Waals surface area contributed by atoms with E-state index in [9.17, 15) is 28.2 Å². The van der Waals surface area contributed by atoms with Gasteiger partial charge in [0, 0.05) is 54.4 Å². The van der Waals surface area contributed by atoms with Gasteiger partial charge in [-0.25, -0.2) is 4.98 Å². The molecule has 1 aromatic heterocycles. The van der Waals surface area contributed by atoms with Crippen LogP contribution in [0.5, 0.6) is 0 Å². The number of cyclic esters (lactones) is 1. The molecule has 0 aliphatic carbocycles. The number of aryl methyl sites for hydroxylation is 1. The van der Waals surface area contributed by atoms with Crippen molar-refractivity contribution in [2.75, 3.05) is 24.6 Å². The van der Waals surface area contributed by atoms with E-state index in [1.54, 1.807) is 41.1 Å². The van der Waals surface area contributed by atoms with Gasteiger partial charge in [-0.3, -0.25) is 9.59 Å². The van der Waals surface area contributed by atoms with Gasteiger partial charge in [0.25, 0.3) is 10.2 Å². The first-order valence-corrected chi connectivity index (χ1v) is 18.6. The van der Waals surface area contributed by atoms with Crippen molar-refractivity contribution in [3.63, 3.8) is 0 Å². The summed E-state index contributed by atoms with van der Waals surface area (Å²) in [7, 11) is -3.71. The van der Waals surface area contributed by atoms with Crippen molar-refractivity contribution in [1.29, 1.82) is 0 Å². The topological polar surface area (TPSA) is 137 Å². The van der Waals surface area contributed by atoms with Crippen LogP contribution in [0, 0.1) is 24.2 Å². The minimum absolute atomic E-state index is 0.203. The average Bonchev–Trinajstić information content (AvgIpc) is 3.50. The molecular weight excluding hydrogens is 611 g/mol. The van der Waals surface area contributed by atoms with Gasteiger partial charge in [-0.15, -0.1) is 11.3 Å². The Morgan fingerprint density at radius 3 is 2.44 bits per heavy atom. The van der Waals surface area contributed by atoms with Crippen LogP contribution in [-0.2, 0) is 24.5 Å². The van der Waals surface area contributed by atoms with Crippen LogP contribution in [0.25, 0.3) is 6.08 Å². The molecular formula is C30H47N3O7S3. The van der Waals surface area contributed by atoms with Crippen LogP contribution in [0.15, 0.2) is 11.0 Å². The summed E-state index contributed by atoms with van der Waals surface area (Å²) < 4.78 is 36.7. The fourth-order valence-corrected chi connectivity index (χ4v) is 10.0. The number of hydrogen-bond donors (Lipinski definition) is 2. The molecule has 242 valence electrons. The molecule has 3 aliphatic heterocycles. The molecule has 8 atom stereocenters. The monoisotopic (exact) mass is 657 g/mol. The van der Waals surface area contributed by atoms with E-state index in [2.05, 4.69) is 4.98 Å². The molecule has 0 amide bonds. The van der Waals surface area contributed by atoms with E-state index in [1.165, 1.54) is 11.3 Å². The number of hydrogen-bond acceptors (Lipinski definition) is 10. The Kier molecular flexibility index (Phi) is 11.2. The Balaban J connectivity index is 1.66. The number of fused-ring (bicyclic) bond motifs is 1. The van der Waals surface area contributed by atoms with Gasteiger partial charge in [0.1, 0.15) is 11.9 Å². The third-order valence-electron chi connectivity index (χ3n) is 9.32. The van der Waals surface area contributed by atoms with Crippen molar-refractivity contribution in [2.45, 2.75) is 104 Å². The standard InChI is InChI=1S/C30H47N3O7S3/c1-18-8-7-9-23-24(33(23)43(38,39)32-10-12-41-13-11-32)15-25(19(2)14-22-17-42-21(4)31-22)40-27(35)16-26(34)30(5,6)29(37)20(3)28(18)36/h14,17-18,20,23-26,28,34,36H,7-13,15-16H2,1-6H3/b19-14+. The quantitative estimate of drug-likeness (QED) is 0.367. The van der Waals surface area contributed by atoms with Crippen LogP contribution >= 0.6 is 23.1 Å². The molecule has 4 rings (SSSR count). The largest absolute Gasteiger partial charge is 0.458 e. The van der Waals surface area contributed by atoms with E-state index in [1.807, 2.05) is 32.2 Å². The highest BCUT2D eigenvalue weighted by Gasteiger charge is 2.57.